The summed E-state index contributed by atoms with van der Waals surface area (Å²) in [6.45, 7) is 5.10. The van der Waals surface area contributed by atoms with E-state index in [1.807, 2.05) is 6.92 Å². The largest absolute Gasteiger partial charge is 0.480 e. The van der Waals surface area contributed by atoms with Crippen LogP contribution in [0.4, 0.5) is 0 Å². The average molecular weight is 203 g/mol. The van der Waals surface area contributed by atoms with Gasteiger partial charge in [0.2, 0.25) is 0 Å². The molecule has 2 N–H and O–H groups in total. The van der Waals surface area contributed by atoms with E-state index in [-0.39, 0.29) is 0 Å². The Kier molecular flexibility index (Phi) is 6.49. The van der Waals surface area contributed by atoms with Crippen LogP contribution in [0.25, 0.3) is 0 Å². The van der Waals surface area contributed by atoms with E-state index in [0.717, 1.165) is 26.1 Å². The number of ether oxygens (including phenoxy) is 1. The molecular weight excluding hydrogens is 182 g/mol. The fourth-order valence-electron chi connectivity index (χ4n) is 1.17. The Morgan fingerprint density at radius 3 is 2.57 bits per heavy atom. The van der Waals surface area contributed by atoms with E-state index in [2.05, 4.69) is 5.32 Å². The van der Waals surface area contributed by atoms with Crippen LogP contribution in [-0.4, -0.2) is 36.9 Å². The van der Waals surface area contributed by atoms with Crippen molar-refractivity contribution in [1.29, 1.82) is 0 Å². The second-order valence-electron chi connectivity index (χ2n) is 3.54. The number of unbranched alkanes of at least 4 members (excludes halogenated alkanes) is 1. The van der Waals surface area contributed by atoms with E-state index < -0.39 is 11.5 Å². The first kappa shape index (κ1) is 13.4. The molecule has 0 bridgehead atoms. The fraction of sp³-hybridized carbons (Fsp3) is 0.900. The van der Waals surface area contributed by atoms with Gasteiger partial charge in [0, 0.05) is 13.2 Å². The van der Waals surface area contributed by atoms with E-state index in [4.69, 9.17) is 9.84 Å². The number of rotatable bonds is 8. The third-order valence-corrected chi connectivity index (χ3v) is 2.44. The van der Waals surface area contributed by atoms with Crippen molar-refractivity contribution in [3.05, 3.63) is 0 Å². The number of hydrogen-bond acceptors (Lipinski definition) is 3. The van der Waals surface area contributed by atoms with Crippen LogP contribution in [0.5, 0.6) is 0 Å². The maximum Gasteiger partial charge on any atom is 0.323 e. The highest BCUT2D eigenvalue weighted by atomic mass is 16.5. The van der Waals surface area contributed by atoms with Gasteiger partial charge in [-0.15, -0.1) is 0 Å². The van der Waals surface area contributed by atoms with Gasteiger partial charge in [0.05, 0.1) is 0 Å². The molecule has 0 saturated heterocycles. The van der Waals surface area contributed by atoms with Crippen molar-refractivity contribution in [2.75, 3.05) is 20.3 Å². The predicted octanol–water partition coefficient (Wildman–Crippen LogP) is 1.26. The summed E-state index contributed by atoms with van der Waals surface area (Å²) in [4.78, 5) is 10.9. The lowest BCUT2D eigenvalue weighted by Gasteiger charge is -2.23. The summed E-state index contributed by atoms with van der Waals surface area (Å²) >= 11 is 0. The van der Waals surface area contributed by atoms with Crippen LogP contribution in [0.1, 0.15) is 33.1 Å². The molecule has 0 fully saturated rings. The summed E-state index contributed by atoms with van der Waals surface area (Å²) < 4.78 is 5.17. The van der Waals surface area contributed by atoms with Crippen molar-refractivity contribution in [3.63, 3.8) is 0 Å². The number of nitrogens with one attached hydrogen (secondary N) is 1. The molecule has 0 radical (unpaired) electrons. The number of likely N-dealkylation sites (N-methyl/N-ethyl adjacent to an activating group) is 1. The van der Waals surface area contributed by atoms with Gasteiger partial charge < -0.3 is 15.2 Å². The SMILES string of the molecule is CCOCCCCC(C)(NC)C(=O)O. The summed E-state index contributed by atoms with van der Waals surface area (Å²) in [5.41, 5.74) is -0.799. The van der Waals surface area contributed by atoms with Gasteiger partial charge in [0.1, 0.15) is 5.54 Å². The second-order valence-corrected chi connectivity index (χ2v) is 3.54. The van der Waals surface area contributed by atoms with Crippen LogP contribution < -0.4 is 5.32 Å². The maximum absolute atomic E-state index is 10.9. The van der Waals surface area contributed by atoms with Gasteiger partial charge in [-0.3, -0.25) is 4.79 Å². The van der Waals surface area contributed by atoms with Gasteiger partial charge in [0.15, 0.2) is 0 Å². The monoisotopic (exact) mass is 203 g/mol. The molecule has 0 amide bonds. The fourth-order valence-corrected chi connectivity index (χ4v) is 1.17. The highest BCUT2D eigenvalue weighted by molar-refractivity contribution is 5.78. The number of aliphatic carboxylic acids is 1. The highest BCUT2D eigenvalue weighted by Crippen LogP contribution is 2.13. The normalized spacial score (nSPS) is 15.1. The summed E-state index contributed by atoms with van der Waals surface area (Å²) in [6.07, 6.45) is 2.41. The smallest absolute Gasteiger partial charge is 0.323 e. The van der Waals surface area contributed by atoms with E-state index in [9.17, 15) is 4.79 Å². The molecule has 0 saturated carbocycles. The van der Waals surface area contributed by atoms with E-state index in [1.165, 1.54) is 0 Å². The van der Waals surface area contributed by atoms with Crippen LogP contribution in [0.15, 0.2) is 0 Å². The van der Waals surface area contributed by atoms with Crippen LogP contribution >= 0.6 is 0 Å². The molecule has 0 heterocycles. The molecular formula is C10H21NO3. The minimum Gasteiger partial charge on any atom is -0.480 e. The molecule has 0 spiro atoms. The standard InChI is InChI=1S/C10H21NO3/c1-4-14-8-6-5-7-10(2,11-3)9(12)13/h11H,4-8H2,1-3H3,(H,12,13). The lowest BCUT2D eigenvalue weighted by Crippen LogP contribution is -2.47. The van der Waals surface area contributed by atoms with Crippen molar-refractivity contribution in [2.45, 2.75) is 38.6 Å². The minimum absolute atomic E-state index is 0.631. The number of carboxylic acid groups (broad SMARTS) is 1. The summed E-state index contributed by atoms with van der Waals surface area (Å²) in [7, 11) is 1.68. The minimum atomic E-state index is -0.799. The summed E-state index contributed by atoms with van der Waals surface area (Å²) in [5, 5.41) is 11.8. The van der Waals surface area contributed by atoms with E-state index in [1.54, 1.807) is 14.0 Å². The van der Waals surface area contributed by atoms with Crippen molar-refractivity contribution in [3.8, 4) is 0 Å². The predicted molar refractivity (Wildman–Crippen MR) is 55.4 cm³/mol. The number of carbonyl (C=O) groups is 1. The highest BCUT2D eigenvalue weighted by Gasteiger charge is 2.29. The molecule has 0 aliphatic carbocycles. The molecule has 4 heteroatoms. The van der Waals surface area contributed by atoms with Gasteiger partial charge >= 0.3 is 5.97 Å². The maximum atomic E-state index is 10.9. The first-order valence-electron chi connectivity index (χ1n) is 5.07. The van der Waals surface area contributed by atoms with Crippen molar-refractivity contribution < 1.29 is 14.6 Å². The zero-order chi connectivity index (χ0) is 11.0. The average Bonchev–Trinajstić information content (AvgIpc) is 2.17. The van der Waals surface area contributed by atoms with Gasteiger partial charge in [-0.05, 0) is 40.2 Å². The topological polar surface area (TPSA) is 58.6 Å². The zero-order valence-electron chi connectivity index (χ0n) is 9.30. The lowest BCUT2D eigenvalue weighted by molar-refractivity contribution is -0.144. The van der Waals surface area contributed by atoms with Crippen LogP contribution in [0.3, 0.4) is 0 Å². The molecule has 0 rings (SSSR count). The van der Waals surface area contributed by atoms with Gasteiger partial charge in [-0.2, -0.15) is 0 Å². The van der Waals surface area contributed by atoms with Crippen LogP contribution in [0, 0.1) is 0 Å². The number of carboxylic acids is 1. The molecule has 0 aliphatic rings. The van der Waals surface area contributed by atoms with E-state index >= 15 is 0 Å². The molecule has 0 aromatic rings. The van der Waals surface area contributed by atoms with Gasteiger partial charge in [0.25, 0.3) is 0 Å². The Bertz CT molecular complexity index is 173. The van der Waals surface area contributed by atoms with Crippen molar-refractivity contribution in [1.82, 2.24) is 5.32 Å². The quantitative estimate of drug-likeness (QED) is 0.583. The molecule has 1 unspecified atom stereocenters. The first-order valence-corrected chi connectivity index (χ1v) is 5.07. The lowest BCUT2D eigenvalue weighted by atomic mass is 9.95. The van der Waals surface area contributed by atoms with E-state index in [0.29, 0.717) is 6.42 Å². The third-order valence-electron chi connectivity index (χ3n) is 2.44. The number of hydrogen-bond donors (Lipinski definition) is 2. The first-order chi connectivity index (χ1) is 6.56. The van der Waals surface area contributed by atoms with Gasteiger partial charge in [-0.1, -0.05) is 0 Å². The molecule has 1 atom stereocenters. The zero-order valence-corrected chi connectivity index (χ0v) is 9.30. The molecule has 84 valence electrons. The van der Waals surface area contributed by atoms with Crippen LogP contribution in [0.2, 0.25) is 0 Å². The third kappa shape index (κ3) is 4.58. The molecule has 0 aliphatic heterocycles. The molecule has 0 aromatic carbocycles. The Morgan fingerprint density at radius 2 is 2.14 bits per heavy atom. The van der Waals surface area contributed by atoms with Crippen molar-refractivity contribution in [2.24, 2.45) is 0 Å². The Morgan fingerprint density at radius 1 is 1.50 bits per heavy atom. The van der Waals surface area contributed by atoms with Gasteiger partial charge in [-0.25, -0.2) is 0 Å². The Hall–Kier alpha value is -0.610. The molecule has 4 nitrogen and oxygen atoms in total. The summed E-state index contributed by atoms with van der Waals surface area (Å²) in [5.74, 6) is -0.795. The molecule has 14 heavy (non-hydrogen) atoms. The van der Waals surface area contributed by atoms with Crippen LogP contribution in [-0.2, 0) is 9.53 Å². The Labute approximate surface area is 85.6 Å². The second kappa shape index (κ2) is 6.79. The molecule has 0 aromatic heterocycles. The van der Waals surface area contributed by atoms with Crippen molar-refractivity contribution >= 4 is 5.97 Å². The summed E-state index contributed by atoms with van der Waals surface area (Å²) in [6, 6.07) is 0. The Balaban J connectivity index is 3.68.